The van der Waals surface area contributed by atoms with E-state index >= 15 is 0 Å². The van der Waals surface area contributed by atoms with Crippen molar-refractivity contribution >= 4 is 11.6 Å². The van der Waals surface area contributed by atoms with E-state index < -0.39 is 6.61 Å². The molecule has 0 aromatic heterocycles. The number of nitrogens with one attached hydrogen (secondary N) is 2. The predicted molar refractivity (Wildman–Crippen MR) is 106 cm³/mol. The molecule has 0 aliphatic rings. The third-order valence-corrected chi connectivity index (χ3v) is 4.15. The zero-order valence-corrected chi connectivity index (χ0v) is 16.1. The van der Waals surface area contributed by atoms with Crippen molar-refractivity contribution in [3.05, 3.63) is 59.2 Å². The number of ether oxygens (including phenoxy) is 1. The lowest BCUT2D eigenvalue weighted by atomic mass is 10.1. The molecule has 0 amide bonds. The Balaban J connectivity index is 1.96. The maximum Gasteiger partial charge on any atom is 0.387 e. The normalized spacial score (nSPS) is 11.4. The molecule has 2 aromatic carbocycles. The fourth-order valence-electron chi connectivity index (χ4n) is 2.60. The molecule has 0 bridgehead atoms. The van der Waals surface area contributed by atoms with E-state index in [0.717, 1.165) is 11.3 Å². The molecule has 0 spiro atoms. The van der Waals surface area contributed by atoms with Crippen LogP contribution in [0.1, 0.15) is 16.7 Å². The first-order valence-electron chi connectivity index (χ1n) is 8.64. The zero-order chi connectivity index (χ0) is 19.8. The van der Waals surface area contributed by atoms with Crippen molar-refractivity contribution in [1.82, 2.24) is 10.6 Å². The smallest absolute Gasteiger partial charge is 0.387 e. The Bertz CT molecular complexity index is 778. The molecule has 0 fully saturated rings. The summed E-state index contributed by atoms with van der Waals surface area (Å²) in [6, 6.07) is 13.0. The summed E-state index contributed by atoms with van der Waals surface area (Å²) >= 11 is 0. The standard InChI is InChI=1S/C20H26F2N4O/c1-14-11-17(26(3)4)10-9-15(14)12-24-20(23-2)25-13-16-7-5-6-8-18(16)27-19(21)22/h5-11,19H,12-13H2,1-4H3,(H2,23,24,25). The molecular weight excluding hydrogens is 350 g/mol. The van der Waals surface area contributed by atoms with Gasteiger partial charge in [-0.05, 0) is 36.2 Å². The van der Waals surface area contributed by atoms with Crippen molar-refractivity contribution in [1.29, 1.82) is 0 Å². The first kappa shape index (κ1) is 20.5. The highest BCUT2D eigenvalue weighted by atomic mass is 19.3. The highest BCUT2D eigenvalue weighted by Crippen LogP contribution is 2.20. The van der Waals surface area contributed by atoms with E-state index in [1.807, 2.05) is 14.1 Å². The molecule has 0 aliphatic heterocycles. The quantitative estimate of drug-likeness (QED) is 0.573. The van der Waals surface area contributed by atoms with E-state index in [4.69, 9.17) is 0 Å². The van der Waals surface area contributed by atoms with E-state index in [1.54, 1.807) is 25.2 Å². The molecule has 5 nitrogen and oxygen atoms in total. The Morgan fingerprint density at radius 3 is 2.33 bits per heavy atom. The number of aryl methyl sites for hydroxylation is 1. The molecule has 0 atom stereocenters. The van der Waals surface area contributed by atoms with Crippen molar-refractivity contribution in [2.45, 2.75) is 26.6 Å². The third kappa shape index (κ3) is 6.13. The van der Waals surface area contributed by atoms with Crippen LogP contribution >= 0.6 is 0 Å². The van der Waals surface area contributed by atoms with Crippen molar-refractivity contribution < 1.29 is 13.5 Å². The second-order valence-electron chi connectivity index (χ2n) is 6.27. The second-order valence-corrected chi connectivity index (χ2v) is 6.27. The van der Waals surface area contributed by atoms with E-state index in [9.17, 15) is 8.78 Å². The minimum absolute atomic E-state index is 0.158. The zero-order valence-electron chi connectivity index (χ0n) is 16.1. The van der Waals surface area contributed by atoms with Gasteiger partial charge >= 0.3 is 6.61 Å². The Labute approximate surface area is 159 Å². The van der Waals surface area contributed by atoms with Crippen LogP contribution in [0.5, 0.6) is 5.75 Å². The van der Waals surface area contributed by atoms with Crippen LogP contribution in [-0.4, -0.2) is 33.7 Å². The minimum Gasteiger partial charge on any atom is -0.434 e. The predicted octanol–water partition coefficient (Wildman–Crippen LogP) is 3.53. The highest BCUT2D eigenvalue weighted by molar-refractivity contribution is 5.79. The molecule has 146 valence electrons. The molecule has 7 heteroatoms. The lowest BCUT2D eigenvalue weighted by molar-refractivity contribution is -0.0504. The first-order chi connectivity index (χ1) is 12.9. The summed E-state index contributed by atoms with van der Waals surface area (Å²) < 4.78 is 29.6. The number of hydrogen-bond acceptors (Lipinski definition) is 3. The maximum atomic E-state index is 12.5. The van der Waals surface area contributed by atoms with Gasteiger partial charge in [0.05, 0.1) is 0 Å². The fraction of sp³-hybridized carbons (Fsp3) is 0.350. The monoisotopic (exact) mass is 376 g/mol. The summed E-state index contributed by atoms with van der Waals surface area (Å²) in [5, 5.41) is 6.37. The molecule has 0 heterocycles. The van der Waals surface area contributed by atoms with Gasteiger partial charge in [0.1, 0.15) is 5.75 Å². The number of halogens is 2. The lowest BCUT2D eigenvalue weighted by Crippen LogP contribution is -2.36. The second kappa shape index (κ2) is 9.75. The van der Waals surface area contributed by atoms with E-state index in [-0.39, 0.29) is 5.75 Å². The number of anilines is 1. The maximum absolute atomic E-state index is 12.5. The number of para-hydroxylation sites is 1. The molecule has 27 heavy (non-hydrogen) atoms. The SMILES string of the molecule is CN=C(NCc1ccc(N(C)C)cc1C)NCc1ccccc1OC(F)F. The average Bonchev–Trinajstić information content (AvgIpc) is 2.63. The van der Waals surface area contributed by atoms with Gasteiger partial charge in [0, 0.05) is 45.5 Å². The number of rotatable bonds is 7. The van der Waals surface area contributed by atoms with Crippen LogP contribution in [-0.2, 0) is 13.1 Å². The van der Waals surface area contributed by atoms with Gasteiger partial charge in [-0.3, -0.25) is 4.99 Å². The van der Waals surface area contributed by atoms with Crippen LogP contribution < -0.4 is 20.3 Å². The van der Waals surface area contributed by atoms with Crippen molar-refractivity contribution in [3.63, 3.8) is 0 Å². The van der Waals surface area contributed by atoms with Gasteiger partial charge < -0.3 is 20.3 Å². The van der Waals surface area contributed by atoms with Crippen molar-refractivity contribution in [2.75, 3.05) is 26.0 Å². The van der Waals surface area contributed by atoms with Crippen LogP contribution in [0.4, 0.5) is 14.5 Å². The number of aliphatic imine (C=N–C) groups is 1. The first-order valence-corrected chi connectivity index (χ1v) is 8.64. The number of benzene rings is 2. The minimum atomic E-state index is -2.85. The van der Waals surface area contributed by atoms with Gasteiger partial charge in [-0.1, -0.05) is 24.3 Å². The number of guanidine groups is 1. The third-order valence-electron chi connectivity index (χ3n) is 4.15. The Morgan fingerprint density at radius 2 is 1.74 bits per heavy atom. The number of hydrogen-bond donors (Lipinski definition) is 2. The Morgan fingerprint density at radius 1 is 1.07 bits per heavy atom. The van der Waals surface area contributed by atoms with Gasteiger partial charge in [0.15, 0.2) is 5.96 Å². The topological polar surface area (TPSA) is 48.9 Å². The van der Waals surface area contributed by atoms with Gasteiger partial charge in [-0.2, -0.15) is 8.78 Å². The summed E-state index contributed by atoms with van der Waals surface area (Å²) in [4.78, 5) is 6.24. The summed E-state index contributed by atoms with van der Waals surface area (Å²) in [5.41, 5.74) is 4.12. The van der Waals surface area contributed by atoms with Gasteiger partial charge in [0.2, 0.25) is 0 Å². The molecule has 0 unspecified atom stereocenters. The number of alkyl halides is 2. The molecule has 2 N–H and O–H groups in total. The Hall–Kier alpha value is -2.83. The molecule has 2 rings (SSSR count). The van der Waals surface area contributed by atoms with Crippen LogP contribution in [0.15, 0.2) is 47.5 Å². The average molecular weight is 376 g/mol. The molecule has 0 radical (unpaired) electrons. The molecule has 0 saturated heterocycles. The summed E-state index contributed by atoms with van der Waals surface area (Å²) in [7, 11) is 5.68. The van der Waals surface area contributed by atoms with Crippen molar-refractivity contribution in [2.24, 2.45) is 4.99 Å². The highest BCUT2D eigenvalue weighted by Gasteiger charge is 2.10. The van der Waals surface area contributed by atoms with Gasteiger partial charge in [-0.15, -0.1) is 0 Å². The Kier molecular flexibility index (Phi) is 7.40. The van der Waals surface area contributed by atoms with Crippen molar-refractivity contribution in [3.8, 4) is 5.75 Å². The molecular formula is C20H26F2N4O. The van der Waals surface area contributed by atoms with E-state index in [0.29, 0.717) is 24.6 Å². The van der Waals surface area contributed by atoms with Crippen LogP contribution in [0.2, 0.25) is 0 Å². The molecule has 2 aromatic rings. The number of nitrogens with zero attached hydrogens (tertiary/aromatic N) is 2. The molecule has 0 aliphatic carbocycles. The van der Waals surface area contributed by atoms with Crippen LogP contribution in [0, 0.1) is 6.92 Å². The van der Waals surface area contributed by atoms with E-state index in [2.05, 4.69) is 50.4 Å². The summed E-state index contributed by atoms with van der Waals surface area (Å²) in [6.07, 6.45) is 0. The van der Waals surface area contributed by atoms with Crippen LogP contribution in [0.25, 0.3) is 0 Å². The van der Waals surface area contributed by atoms with Gasteiger partial charge in [-0.25, -0.2) is 0 Å². The van der Waals surface area contributed by atoms with E-state index in [1.165, 1.54) is 11.6 Å². The molecule has 0 saturated carbocycles. The van der Waals surface area contributed by atoms with Crippen LogP contribution in [0.3, 0.4) is 0 Å². The lowest BCUT2D eigenvalue weighted by Gasteiger charge is -2.17. The summed E-state index contributed by atoms with van der Waals surface area (Å²) in [6.45, 7) is 0.143. The summed E-state index contributed by atoms with van der Waals surface area (Å²) in [5.74, 6) is 0.739. The fourth-order valence-corrected chi connectivity index (χ4v) is 2.60. The largest absolute Gasteiger partial charge is 0.434 e. The van der Waals surface area contributed by atoms with Gasteiger partial charge in [0.25, 0.3) is 0 Å².